The fourth-order valence-electron chi connectivity index (χ4n) is 0.855. The fraction of sp³-hybridized carbons (Fsp3) is 1.00. The van der Waals surface area contributed by atoms with Gasteiger partial charge < -0.3 is 14.2 Å². The van der Waals surface area contributed by atoms with Gasteiger partial charge in [0, 0.05) is 43.7 Å². The third kappa shape index (κ3) is 4.02. The molecular formula is C6H18O3Si2. The van der Waals surface area contributed by atoms with E-state index in [1.807, 2.05) is 0 Å². The molecular weight excluding hydrogens is 176 g/mol. The zero-order valence-electron chi connectivity index (χ0n) is 8.01. The second kappa shape index (κ2) is 5.05. The van der Waals surface area contributed by atoms with E-state index in [0.717, 1.165) is 26.9 Å². The molecule has 0 rings (SSSR count). The van der Waals surface area contributed by atoms with E-state index in [9.17, 15) is 0 Å². The molecule has 0 aliphatic rings. The molecule has 11 heavy (non-hydrogen) atoms. The topological polar surface area (TPSA) is 27.7 Å². The Morgan fingerprint density at radius 1 is 1.27 bits per heavy atom. The number of methoxy groups -OCH3 is 3. The largest absolute Gasteiger partial charge is 0.386 e. The molecule has 0 aliphatic heterocycles. The molecule has 0 bridgehead atoms. The molecule has 68 valence electrons. The van der Waals surface area contributed by atoms with Crippen molar-refractivity contribution in [2.45, 2.75) is 17.6 Å². The Morgan fingerprint density at radius 3 is 2.00 bits per heavy atom. The molecule has 0 aliphatic carbocycles. The average molecular weight is 194 g/mol. The highest BCUT2D eigenvalue weighted by atomic mass is 28.2. The van der Waals surface area contributed by atoms with Crippen LogP contribution >= 0.6 is 0 Å². The van der Waals surface area contributed by atoms with Crippen LogP contribution in [0, 0.1) is 0 Å². The molecule has 1 unspecified atom stereocenters. The summed E-state index contributed by atoms with van der Waals surface area (Å²) in [5.74, 6) is 0. The SMILES string of the molecule is COC([SiH3])CC([SiH3])(OC)OC. The highest BCUT2D eigenvalue weighted by Crippen LogP contribution is 2.13. The zero-order valence-corrected chi connectivity index (χ0v) is 12.0. The van der Waals surface area contributed by atoms with Crippen LogP contribution in [0.15, 0.2) is 0 Å². The maximum atomic E-state index is 5.24. The normalized spacial score (nSPS) is 15.5. The summed E-state index contributed by atoms with van der Waals surface area (Å²) in [6.45, 7) is 0. The van der Waals surface area contributed by atoms with Crippen LogP contribution in [-0.4, -0.2) is 53.0 Å². The van der Waals surface area contributed by atoms with Crippen molar-refractivity contribution in [2.24, 2.45) is 0 Å². The van der Waals surface area contributed by atoms with Crippen LogP contribution in [0.25, 0.3) is 0 Å². The molecule has 0 N–H and O–H groups in total. The van der Waals surface area contributed by atoms with E-state index in [0.29, 0.717) is 5.73 Å². The summed E-state index contributed by atoms with van der Waals surface area (Å²) < 4.78 is 15.7. The Hall–Kier alpha value is 0.314. The van der Waals surface area contributed by atoms with Gasteiger partial charge in [0.05, 0.1) is 10.2 Å². The second-order valence-corrected chi connectivity index (χ2v) is 5.60. The fourth-order valence-corrected chi connectivity index (χ4v) is 2.99. The van der Waals surface area contributed by atoms with Gasteiger partial charge in [0.2, 0.25) is 0 Å². The number of ether oxygens (including phenoxy) is 3. The lowest BCUT2D eigenvalue weighted by atomic mass is 10.4. The Bertz CT molecular complexity index is 106. The Balaban J connectivity index is 3.86. The molecule has 0 saturated heterocycles. The zero-order chi connectivity index (χ0) is 8.91. The molecule has 0 amide bonds. The average Bonchev–Trinajstić information content (AvgIpc) is 2.04. The van der Waals surface area contributed by atoms with Gasteiger partial charge in [0.25, 0.3) is 0 Å². The van der Waals surface area contributed by atoms with Crippen molar-refractivity contribution in [3.63, 3.8) is 0 Å². The highest BCUT2D eigenvalue weighted by molar-refractivity contribution is 6.15. The predicted molar refractivity (Wildman–Crippen MR) is 52.0 cm³/mol. The minimum absolute atomic E-state index is 0.326. The summed E-state index contributed by atoms with van der Waals surface area (Å²) in [5.41, 5.74) is -0.0185. The quantitative estimate of drug-likeness (QED) is 0.375. The van der Waals surface area contributed by atoms with E-state index in [-0.39, 0.29) is 5.41 Å². The van der Waals surface area contributed by atoms with Gasteiger partial charge in [-0.05, 0) is 0 Å². The lowest BCUT2D eigenvalue weighted by Crippen LogP contribution is -2.38. The maximum Gasteiger partial charge on any atom is 0.142 e. The molecule has 0 saturated carbocycles. The van der Waals surface area contributed by atoms with Gasteiger partial charge in [0.1, 0.15) is 5.41 Å². The minimum atomic E-state index is -0.345. The van der Waals surface area contributed by atoms with E-state index in [1.54, 1.807) is 21.3 Å². The molecule has 0 heterocycles. The Kier molecular flexibility index (Phi) is 5.19. The molecule has 3 nitrogen and oxygen atoms in total. The third-order valence-corrected chi connectivity index (χ3v) is 4.03. The molecule has 0 aromatic carbocycles. The molecule has 0 fully saturated rings. The Morgan fingerprint density at radius 2 is 1.73 bits per heavy atom. The van der Waals surface area contributed by atoms with Gasteiger partial charge in [-0.1, -0.05) is 0 Å². The highest BCUT2D eigenvalue weighted by Gasteiger charge is 2.24. The van der Waals surface area contributed by atoms with Crippen molar-refractivity contribution in [1.82, 2.24) is 0 Å². The minimum Gasteiger partial charge on any atom is -0.386 e. The molecule has 0 aromatic rings. The maximum absolute atomic E-state index is 5.24. The molecule has 1 atom stereocenters. The van der Waals surface area contributed by atoms with Crippen LogP contribution in [0.2, 0.25) is 0 Å². The van der Waals surface area contributed by atoms with Crippen molar-refractivity contribution < 1.29 is 14.2 Å². The number of rotatable bonds is 5. The van der Waals surface area contributed by atoms with E-state index in [1.165, 1.54) is 0 Å². The first-order valence-electron chi connectivity index (χ1n) is 3.71. The van der Waals surface area contributed by atoms with Crippen molar-refractivity contribution >= 4 is 20.5 Å². The first-order chi connectivity index (χ1) is 5.08. The van der Waals surface area contributed by atoms with Gasteiger partial charge in [-0.25, -0.2) is 0 Å². The lowest BCUT2D eigenvalue weighted by molar-refractivity contribution is -0.155. The summed E-state index contributed by atoms with van der Waals surface area (Å²) in [5, 5.41) is 0. The van der Waals surface area contributed by atoms with Gasteiger partial charge in [-0.3, -0.25) is 0 Å². The summed E-state index contributed by atoms with van der Waals surface area (Å²) in [6, 6.07) is 0. The second-order valence-electron chi connectivity index (χ2n) is 2.79. The smallest absolute Gasteiger partial charge is 0.142 e. The molecule has 0 spiro atoms. The summed E-state index contributed by atoms with van der Waals surface area (Å²) in [6.07, 6.45) is 0.856. The lowest BCUT2D eigenvalue weighted by Gasteiger charge is -2.29. The third-order valence-electron chi connectivity index (χ3n) is 1.92. The summed E-state index contributed by atoms with van der Waals surface area (Å²) in [4.78, 5) is 0. The van der Waals surface area contributed by atoms with Crippen molar-refractivity contribution in [3.8, 4) is 0 Å². The molecule has 0 radical (unpaired) electrons. The van der Waals surface area contributed by atoms with Crippen LogP contribution in [0.1, 0.15) is 6.42 Å². The summed E-state index contributed by atoms with van der Waals surface area (Å²) in [7, 11) is 6.98. The molecule has 0 aromatic heterocycles. The van der Waals surface area contributed by atoms with Crippen LogP contribution in [-0.2, 0) is 14.2 Å². The first-order valence-corrected chi connectivity index (χ1v) is 5.86. The Labute approximate surface area is 74.2 Å². The van der Waals surface area contributed by atoms with Crippen LogP contribution in [0.5, 0.6) is 0 Å². The number of hydrogen-bond donors (Lipinski definition) is 0. The van der Waals surface area contributed by atoms with Crippen molar-refractivity contribution in [2.75, 3.05) is 21.3 Å². The predicted octanol–water partition coefficient (Wildman–Crippen LogP) is -1.97. The standard InChI is InChI=1S/C6H18O3Si2/c1-7-5(10)4-6(11,8-2)9-3/h5H,4H2,1-3,10-11H3. The van der Waals surface area contributed by atoms with Crippen molar-refractivity contribution in [1.29, 1.82) is 0 Å². The first kappa shape index (κ1) is 11.3. The van der Waals surface area contributed by atoms with Crippen LogP contribution < -0.4 is 0 Å². The van der Waals surface area contributed by atoms with E-state index in [2.05, 4.69) is 0 Å². The monoisotopic (exact) mass is 194 g/mol. The molecule has 5 heteroatoms. The van der Waals surface area contributed by atoms with Crippen LogP contribution in [0.3, 0.4) is 0 Å². The van der Waals surface area contributed by atoms with E-state index in [4.69, 9.17) is 14.2 Å². The van der Waals surface area contributed by atoms with E-state index >= 15 is 0 Å². The summed E-state index contributed by atoms with van der Waals surface area (Å²) >= 11 is 0. The van der Waals surface area contributed by atoms with Gasteiger partial charge in [0.15, 0.2) is 0 Å². The van der Waals surface area contributed by atoms with Crippen LogP contribution in [0.4, 0.5) is 0 Å². The van der Waals surface area contributed by atoms with E-state index < -0.39 is 0 Å². The number of hydrogen-bond acceptors (Lipinski definition) is 3. The van der Waals surface area contributed by atoms with Crippen molar-refractivity contribution in [3.05, 3.63) is 0 Å². The van der Waals surface area contributed by atoms with Gasteiger partial charge in [-0.15, -0.1) is 0 Å². The van der Waals surface area contributed by atoms with Gasteiger partial charge in [-0.2, -0.15) is 0 Å². The van der Waals surface area contributed by atoms with Gasteiger partial charge >= 0.3 is 0 Å².